The lowest BCUT2D eigenvalue weighted by atomic mass is 9.96. The van der Waals surface area contributed by atoms with Crippen LogP contribution in [0.3, 0.4) is 0 Å². The lowest BCUT2D eigenvalue weighted by molar-refractivity contribution is -0.386. The molecule has 128 valence electrons. The number of aliphatic imine (C=N–C) groups is 1. The summed E-state index contributed by atoms with van der Waals surface area (Å²) in [6.07, 6.45) is 5.49. The quantitative estimate of drug-likeness (QED) is 0.507. The number of hydrogen-bond donors (Lipinski definition) is 1. The zero-order valence-electron chi connectivity index (χ0n) is 13.5. The van der Waals surface area contributed by atoms with E-state index in [1.54, 1.807) is 0 Å². The topological polar surface area (TPSA) is 109 Å². The highest BCUT2D eigenvalue weighted by Gasteiger charge is 2.21. The second-order valence-electron chi connectivity index (χ2n) is 5.61. The number of nitrogens with zero attached hydrogens (tertiary/aromatic N) is 3. The van der Waals surface area contributed by atoms with E-state index in [1.807, 2.05) is 0 Å². The Morgan fingerprint density at radius 2 is 2.20 bits per heavy atom. The molecule has 0 aliphatic heterocycles. The maximum atomic E-state index is 11.1. The number of phenols is 1. The number of thiophene rings is 1. The van der Waals surface area contributed by atoms with Crippen LogP contribution in [0, 0.1) is 21.4 Å². The summed E-state index contributed by atoms with van der Waals surface area (Å²) >= 11 is 1.49. The Labute approximate surface area is 148 Å². The fourth-order valence-corrected chi connectivity index (χ4v) is 4.06. The van der Waals surface area contributed by atoms with Crippen molar-refractivity contribution in [3.8, 4) is 17.6 Å². The van der Waals surface area contributed by atoms with Crippen LogP contribution in [0.1, 0.15) is 34.4 Å². The number of aromatic hydroxyl groups is 1. The van der Waals surface area contributed by atoms with E-state index in [9.17, 15) is 20.5 Å². The summed E-state index contributed by atoms with van der Waals surface area (Å²) in [6.45, 7) is 0. The number of hydrogen-bond acceptors (Lipinski definition) is 7. The van der Waals surface area contributed by atoms with Gasteiger partial charge in [-0.25, -0.2) is 4.99 Å². The van der Waals surface area contributed by atoms with Crippen LogP contribution in [0.4, 0.5) is 10.7 Å². The number of benzene rings is 1. The molecule has 8 heteroatoms. The van der Waals surface area contributed by atoms with Gasteiger partial charge in [0.1, 0.15) is 11.1 Å². The number of nitro groups is 1. The van der Waals surface area contributed by atoms with E-state index < -0.39 is 16.4 Å². The Balaban J connectivity index is 2.00. The minimum absolute atomic E-state index is 0.00151. The molecule has 1 aromatic carbocycles. The molecule has 0 saturated carbocycles. The summed E-state index contributed by atoms with van der Waals surface area (Å²) < 4.78 is 4.97. The number of rotatable bonds is 4. The van der Waals surface area contributed by atoms with Gasteiger partial charge in [-0.1, -0.05) is 0 Å². The fourth-order valence-electron chi connectivity index (χ4n) is 2.87. The highest BCUT2D eigenvalue weighted by Crippen LogP contribution is 2.40. The van der Waals surface area contributed by atoms with Gasteiger partial charge in [-0.2, -0.15) is 5.26 Å². The van der Waals surface area contributed by atoms with Gasteiger partial charge < -0.3 is 9.84 Å². The summed E-state index contributed by atoms with van der Waals surface area (Å²) in [4.78, 5) is 15.9. The third-order valence-corrected chi connectivity index (χ3v) is 5.29. The molecule has 0 saturated heterocycles. The van der Waals surface area contributed by atoms with Crippen LogP contribution < -0.4 is 4.74 Å². The molecule has 0 atom stereocenters. The molecular weight excluding hydrogens is 342 g/mol. The molecule has 0 fully saturated rings. The smallest absolute Gasteiger partial charge is 0.315 e. The molecule has 2 aromatic rings. The predicted octanol–water partition coefficient (Wildman–Crippen LogP) is 3.87. The van der Waals surface area contributed by atoms with Crippen LogP contribution >= 0.6 is 11.3 Å². The summed E-state index contributed by atoms with van der Waals surface area (Å²) in [7, 11) is 1.32. The zero-order chi connectivity index (χ0) is 18.0. The van der Waals surface area contributed by atoms with Crippen LogP contribution in [0.25, 0.3) is 0 Å². The van der Waals surface area contributed by atoms with Crippen molar-refractivity contribution in [1.82, 2.24) is 0 Å². The predicted molar refractivity (Wildman–Crippen MR) is 94.2 cm³/mol. The highest BCUT2D eigenvalue weighted by molar-refractivity contribution is 7.16. The van der Waals surface area contributed by atoms with Crippen molar-refractivity contribution in [2.45, 2.75) is 25.7 Å². The van der Waals surface area contributed by atoms with Crippen molar-refractivity contribution in [3.05, 3.63) is 43.8 Å². The van der Waals surface area contributed by atoms with Crippen molar-refractivity contribution < 1.29 is 14.8 Å². The number of nitro benzene ring substituents is 1. The average molecular weight is 357 g/mol. The number of ether oxygens (including phenoxy) is 1. The van der Waals surface area contributed by atoms with E-state index in [0.29, 0.717) is 16.1 Å². The standard InChI is InChI=1S/C17H15N3O4S/c1-24-14-7-10(6-13(16(14)21)20(22)23)9-19-17-12(8-18)11-4-2-3-5-15(11)25-17/h6-7,9,21H,2-5H2,1H3. The van der Waals surface area contributed by atoms with Crippen LogP contribution in [-0.4, -0.2) is 23.4 Å². The molecule has 1 aliphatic rings. The zero-order valence-corrected chi connectivity index (χ0v) is 14.3. The van der Waals surface area contributed by atoms with E-state index in [0.717, 1.165) is 31.2 Å². The molecule has 7 nitrogen and oxygen atoms in total. The van der Waals surface area contributed by atoms with Gasteiger partial charge in [-0.15, -0.1) is 11.3 Å². The molecule has 0 amide bonds. The largest absolute Gasteiger partial charge is 0.500 e. The Morgan fingerprint density at radius 3 is 2.88 bits per heavy atom. The van der Waals surface area contributed by atoms with E-state index in [4.69, 9.17) is 4.74 Å². The minimum Gasteiger partial charge on any atom is -0.500 e. The third kappa shape index (κ3) is 3.19. The Kier molecular flexibility index (Phi) is 4.67. The van der Waals surface area contributed by atoms with Crippen LogP contribution in [0.2, 0.25) is 0 Å². The average Bonchev–Trinajstić information content (AvgIpc) is 2.97. The second-order valence-corrected chi connectivity index (χ2v) is 6.69. The Hall–Kier alpha value is -2.92. The highest BCUT2D eigenvalue weighted by atomic mass is 32.1. The first-order chi connectivity index (χ1) is 12.0. The maximum Gasteiger partial charge on any atom is 0.315 e. The molecule has 1 N–H and O–H groups in total. The Bertz CT molecular complexity index is 912. The molecule has 0 radical (unpaired) electrons. The molecule has 0 unspecified atom stereocenters. The normalized spacial score (nSPS) is 13.4. The fraction of sp³-hybridized carbons (Fsp3) is 0.294. The van der Waals surface area contributed by atoms with Crippen molar-refractivity contribution >= 4 is 28.2 Å². The van der Waals surface area contributed by atoms with Crippen molar-refractivity contribution in [1.29, 1.82) is 5.26 Å². The van der Waals surface area contributed by atoms with Crippen LogP contribution in [0.15, 0.2) is 17.1 Å². The van der Waals surface area contributed by atoms with Crippen LogP contribution in [0.5, 0.6) is 11.5 Å². The SMILES string of the molecule is COc1cc(C=Nc2sc3c(c2C#N)CCCC3)cc([N+](=O)[O-])c1O. The van der Waals surface area contributed by atoms with E-state index >= 15 is 0 Å². The molecule has 1 aromatic heterocycles. The Morgan fingerprint density at radius 1 is 1.44 bits per heavy atom. The number of phenolic OH excluding ortho intramolecular Hbond substituents is 1. The molecule has 1 heterocycles. The van der Waals surface area contributed by atoms with E-state index in [1.165, 1.54) is 41.7 Å². The lowest BCUT2D eigenvalue weighted by Gasteiger charge is -2.09. The first kappa shape index (κ1) is 16.9. The maximum absolute atomic E-state index is 11.1. The minimum atomic E-state index is -0.681. The summed E-state index contributed by atoms with van der Waals surface area (Å²) in [6, 6.07) is 4.91. The van der Waals surface area contributed by atoms with Gasteiger partial charge in [0.05, 0.1) is 17.6 Å². The van der Waals surface area contributed by atoms with Gasteiger partial charge >= 0.3 is 5.69 Å². The second kappa shape index (κ2) is 6.91. The van der Waals surface area contributed by atoms with Crippen LogP contribution in [-0.2, 0) is 12.8 Å². The molecule has 0 bridgehead atoms. The first-order valence-corrected chi connectivity index (χ1v) is 8.51. The first-order valence-electron chi connectivity index (χ1n) is 7.69. The van der Waals surface area contributed by atoms with Crippen molar-refractivity contribution in [2.75, 3.05) is 7.11 Å². The van der Waals surface area contributed by atoms with Crippen molar-refractivity contribution in [3.63, 3.8) is 0 Å². The number of fused-ring (bicyclic) bond motifs is 1. The third-order valence-electron chi connectivity index (χ3n) is 4.09. The van der Waals surface area contributed by atoms with Crippen molar-refractivity contribution in [2.24, 2.45) is 4.99 Å². The summed E-state index contributed by atoms with van der Waals surface area (Å²) in [5.74, 6) is -0.518. The van der Waals surface area contributed by atoms with E-state index in [-0.39, 0.29) is 5.75 Å². The number of methoxy groups -OCH3 is 1. The lowest BCUT2D eigenvalue weighted by Crippen LogP contribution is -1.99. The van der Waals surface area contributed by atoms with Gasteiger partial charge in [-0.05, 0) is 37.3 Å². The van der Waals surface area contributed by atoms with Gasteiger partial charge in [0.25, 0.3) is 0 Å². The molecule has 1 aliphatic carbocycles. The molecular formula is C17H15N3O4S. The molecule has 3 rings (SSSR count). The van der Waals surface area contributed by atoms with E-state index in [2.05, 4.69) is 11.1 Å². The summed E-state index contributed by atoms with van der Waals surface area (Å²) in [5.41, 5.74) is 1.64. The summed E-state index contributed by atoms with van der Waals surface area (Å²) in [5, 5.41) is 30.9. The van der Waals surface area contributed by atoms with Gasteiger partial charge in [0, 0.05) is 22.7 Å². The monoisotopic (exact) mass is 357 g/mol. The van der Waals surface area contributed by atoms with Gasteiger partial charge in [0.2, 0.25) is 5.75 Å². The molecule has 0 spiro atoms. The van der Waals surface area contributed by atoms with Gasteiger partial charge in [0.15, 0.2) is 5.75 Å². The number of nitriles is 1. The number of aryl methyl sites for hydroxylation is 1. The van der Waals surface area contributed by atoms with Gasteiger partial charge in [-0.3, -0.25) is 10.1 Å². The molecule has 25 heavy (non-hydrogen) atoms.